The van der Waals surface area contributed by atoms with Crippen molar-refractivity contribution in [2.45, 2.75) is 403 Å². The SMILES string of the molecule is CC/C=C\C/C=C\C/C=C\C/C=C\CCCCCCCCCCCCCCCCCCC(=O)NC(COC1OC(CO)C(O)C(O)C1O)C(O)/C=C/CCCCCCCCCCCCCCCCCCCCCCCCCCCCCCCCC. The van der Waals surface area contributed by atoms with Crippen molar-refractivity contribution in [3.63, 3.8) is 0 Å². The van der Waals surface area contributed by atoms with E-state index in [1.54, 1.807) is 6.08 Å². The Labute approximate surface area is 526 Å². The van der Waals surface area contributed by atoms with E-state index in [1.807, 2.05) is 6.08 Å². The van der Waals surface area contributed by atoms with Crippen LogP contribution in [0.5, 0.6) is 0 Å². The first-order valence-corrected chi connectivity index (χ1v) is 37.0. The summed E-state index contributed by atoms with van der Waals surface area (Å²) in [4.78, 5) is 13.1. The van der Waals surface area contributed by atoms with E-state index in [1.165, 1.54) is 276 Å². The van der Waals surface area contributed by atoms with Crippen LogP contribution < -0.4 is 5.32 Å². The van der Waals surface area contributed by atoms with Gasteiger partial charge in [-0.15, -0.1) is 0 Å². The number of carbonyl (C=O) groups is 1. The largest absolute Gasteiger partial charge is 0.394 e. The highest BCUT2D eigenvalue weighted by molar-refractivity contribution is 5.76. The minimum Gasteiger partial charge on any atom is -0.394 e. The number of aliphatic hydroxyl groups is 5. The Morgan fingerprint density at radius 3 is 1.08 bits per heavy atom. The second kappa shape index (κ2) is 64.9. The monoisotopic (exact) mass is 1200 g/mol. The minimum absolute atomic E-state index is 0.172. The van der Waals surface area contributed by atoms with Gasteiger partial charge in [-0.05, 0) is 57.8 Å². The fourth-order valence-corrected chi connectivity index (χ4v) is 11.9. The van der Waals surface area contributed by atoms with Crippen molar-refractivity contribution in [2.75, 3.05) is 13.2 Å². The number of rotatable bonds is 65. The van der Waals surface area contributed by atoms with E-state index < -0.39 is 49.5 Å². The summed E-state index contributed by atoms with van der Waals surface area (Å²) in [5.74, 6) is -0.172. The van der Waals surface area contributed by atoms with Crippen LogP contribution in [0.3, 0.4) is 0 Å². The lowest BCUT2D eigenvalue weighted by molar-refractivity contribution is -0.302. The van der Waals surface area contributed by atoms with Crippen LogP contribution in [0.2, 0.25) is 0 Å². The summed E-state index contributed by atoms with van der Waals surface area (Å²) >= 11 is 0. The zero-order chi connectivity index (χ0) is 61.4. The molecule has 0 aromatic rings. The van der Waals surface area contributed by atoms with E-state index in [0.717, 1.165) is 64.2 Å². The molecule has 1 saturated heterocycles. The van der Waals surface area contributed by atoms with Gasteiger partial charge in [0.15, 0.2) is 6.29 Å². The number of hydrogen-bond acceptors (Lipinski definition) is 8. The first kappa shape index (κ1) is 80.9. The molecule has 1 heterocycles. The van der Waals surface area contributed by atoms with Gasteiger partial charge in [0, 0.05) is 6.42 Å². The normalized spacial score (nSPS) is 18.4. The van der Waals surface area contributed by atoms with Gasteiger partial charge in [-0.25, -0.2) is 0 Å². The van der Waals surface area contributed by atoms with Crippen LogP contribution in [0.1, 0.15) is 361 Å². The molecule has 85 heavy (non-hydrogen) atoms. The first-order chi connectivity index (χ1) is 41.8. The van der Waals surface area contributed by atoms with E-state index in [2.05, 4.69) is 67.8 Å². The molecule has 1 amide bonds. The van der Waals surface area contributed by atoms with Gasteiger partial charge in [0.25, 0.3) is 0 Å². The highest BCUT2D eigenvalue weighted by Gasteiger charge is 2.44. The molecule has 1 aliphatic heterocycles. The molecule has 0 aliphatic carbocycles. The second-order valence-corrected chi connectivity index (χ2v) is 25.7. The number of aliphatic hydroxyl groups excluding tert-OH is 5. The summed E-state index contributed by atoms with van der Waals surface area (Å²) in [5, 5.41) is 54.8. The number of unbranched alkanes of at least 4 members (excludes halogenated alkanes) is 47. The van der Waals surface area contributed by atoms with Crippen molar-refractivity contribution in [3.05, 3.63) is 60.8 Å². The number of carbonyl (C=O) groups excluding carboxylic acids is 1. The van der Waals surface area contributed by atoms with Gasteiger partial charge in [0.1, 0.15) is 24.4 Å². The molecule has 0 radical (unpaired) electrons. The Kier molecular flexibility index (Phi) is 61.7. The first-order valence-electron chi connectivity index (χ1n) is 37.0. The average Bonchev–Trinajstić information content (AvgIpc) is 3.56. The molecule has 498 valence electrons. The van der Waals surface area contributed by atoms with E-state index >= 15 is 0 Å². The Morgan fingerprint density at radius 2 is 0.729 bits per heavy atom. The molecule has 7 atom stereocenters. The standard InChI is InChI=1S/C76H141NO8/c1-3-5-7-9-11-13-15-17-19-21-23-25-27-29-31-33-34-35-36-38-39-41-43-45-47-49-51-53-55-57-59-61-63-65-70(79)69(68-84-76-75(83)74(82)73(81)71(67-78)85-76)77-72(80)66-64-62-60-58-56-54-52-50-48-46-44-42-40-37-32-30-28-26-24-22-20-18-16-14-12-10-8-6-4-2/h6,8,12,14,18,20,24,26,63,65,69-71,73-76,78-79,81-83H,3-5,7,9-11,13,15-17,19,21-23,25,27-62,64,66-68H2,1-2H3,(H,77,80)/b8-6-,14-12-,20-18-,26-24-,65-63+. The second-order valence-electron chi connectivity index (χ2n) is 25.7. The molecule has 0 aromatic heterocycles. The van der Waals surface area contributed by atoms with Crippen molar-refractivity contribution >= 4 is 5.91 Å². The third-order valence-corrected chi connectivity index (χ3v) is 17.6. The molecule has 6 N–H and O–H groups in total. The maximum absolute atomic E-state index is 13.1. The lowest BCUT2D eigenvalue weighted by Crippen LogP contribution is -2.60. The Bertz CT molecular complexity index is 1530. The molecule has 7 unspecified atom stereocenters. The topological polar surface area (TPSA) is 149 Å². The van der Waals surface area contributed by atoms with Crippen LogP contribution in [-0.4, -0.2) is 87.5 Å². The summed E-state index contributed by atoms with van der Waals surface area (Å²) < 4.78 is 11.3. The lowest BCUT2D eigenvalue weighted by atomic mass is 9.99. The molecule has 0 bridgehead atoms. The van der Waals surface area contributed by atoms with Gasteiger partial charge in [-0.2, -0.15) is 0 Å². The van der Waals surface area contributed by atoms with E-state index in [0.29, 0.717) is 6.42 Å². The summed E-state index contributed by atoms with van der Waals surface area (Å²) in [6.07, 6.45) is 83.4. The van der Waals surface area contributed by atoms with Crippen LogP contribution in [0.4, 0.5) is 0 Å². The molecule has 0 spiro atoms. The number of nitrogens with one attached hydrogen (secondary N) is 1. The van der Waals surface area contributed by atoms with Crippen molar-refractivity contribution in [2.24, 2.45) is 0 Å². The molecule has 1 rings (SSSR count). The quantitative estimate of drug-likeness (QED) is 0.0261. The van der Waals surface area contributed by atoms with Crippen molar-refractivity contribution in [3.8, 4) is 0 Å². The van der Waals surface area contributed by atoms with Crippen molar-refractivity contribution < 1.29 is 39.8 Å². The van der Waals surface area contributed by atoms with Crippen molar-refractivity contribution in [1.29, 1.82) is 0 Å². The van der Waals surface area contributed by atoms with Crippen LogP contribution in [0.15, 0.2) is 60.8 Å². The molecule has 1 aliphatic rings. The average molecular weight is 1200 g/mol. The molecule has 0 saturated carbocycles. The Hall–Kier alpha value is -2.11. The van der Waals surface area contributed by atoms with Crippen molar-refractivity contribution in [1.82, 2.24) is 5.32 Å². The molecule has 1 fully saturated rings. The predicted molar refractivity (Wildman–Crippen MR) is 364 cm³/mol. The third kappa shape index (κ3) is 53.4. The van der Waals surface area contributed by atoms with Gasteiger partial charge in [0.2, 0.25) is 5.91 Å². The number of allylic oxidation sites excluding steroid dienone is 9. The van der Waals surface area contributed by atoms with E-state index in [4.69, 9.17) is 9.47 Å². The van der Waals surface area contributed by atoms with Gasteiger partial charge in [0.05, 0.1) is 25.4 Å². The van der Waals surface area contributed by atoms with Gasteiger partial charge >= 0.3 is 0 Å². The number of ether oxygens (including phenoxy) is 2. The maximum Gasteiger partial charge on any atom is 0.220 e. The highest BCUT2D eigenvalue weighted by Crippen LogP contribution is 2.24. The van der Waals surface area contributed by atoms with Crippen LogP contribution in [-0.2, 0) is 14.3 Å². The molecule has 0 aromatic carbocycles. The number of amides is 1. The summed E-state index contributed by atoms with van der Waals surface area (Å²) in [6, 6.07) is -0.808. The fourth-order valence-electron chi connectivity index (χ4n) is 11.9. The zero-order valence-corrected chi connectivity index (χ0v) is 55.9. The van der Waals surface area contributed by atoms with Crippen LogP contribution in [0, 0.1) is 0 Å². The number of hydrogen-bond donors (Lipinski definition) is 6. The third-order valence-electron chi connectivity index (χ3n) is 17.6. The molecule has 9 nitrogen and oxygen atoms in total. The summed E-state index contributed by atoms with van der Waals surface area (Å²) in [7, 11) is 0. The predicted octanol–water partition coefficient (Wildman–Crippen LogP) is 20.5. The Balaban J connectivity index is 2.10. The zero-order valence-electron chi connectivity index (χ0n) is 55.9. The maximum atomic E-state index is 13.1. The summed E-state index contributed by atoms with van der Waals surface area (Å²) in [5.41, 5.74) is 0. The van der Waals surface area contributed by atoms with E-state index in [9.17, 15) is 30.3 Å². The van der Waals surface area contributed by atoms with Gasteiger partial charge < -0.3 is 40.3 Å². The highest BCUT2D eigenvalue weighted by atomic mass is 16.7. The minimum atomic E-state index is -1.57. The van der Waals surface area contributed by atoms with Crippen LogP contribution >= 0.6 is 0 Å². The lowest BCUT2D eigenvalue weighted by Gasteiger charge is -2.40. The smallest absolute Gasteiger partial charge is 0.220 e. The molecule has 9 heteroatoms. The molecular formula is C76H141NO8. The Morgan fingerprint density at radius 1 is 0.412 bits per heavy atom. The van der Waals surface area contributed by atoms with Crippen LogP contribution in [0.25, 0.3) is 0 Å². The molecular weight excluding hydrogens is 1050 g/mol. The van der Waals surface area contributed by atoms with E-state index in [-0.39, 0.29) is 12.5 Å². The van der Waals surface area contributed by atoms with Gasteiger partial charge in [-0.3, -0.25) is 4.79 Å². The summed E-state index contributed by atoms with van der Waals surface area (Å²) in [6.45, 7) is 3.72. The fraction of sp³-hybridized carbons (Fsp3) is 0.855. The van der Waals surface area contributed by atoms with Gasteiger partial charge in [-0.1, -0.05) is 357 Å².